The van der Waals surface area contributed by atoms with Crippen molar-refractivity contribution in [1.29, 1.82) is 0 Å². The highest BCUT2D eigenvalue weighted by Gasteiger charge is 1.99. The number of nitrogens with zero attached hydrogens (tertiary/aromatic N) is 1. The number of anilines is 1. The van der Waals surface area contributed by atoms with Crippen molar-refractivity contribution in [1.82, 2.24) is 4.98 Å². The molecule has 3 nitrogen and oxygen atoms in total. The van der Waals surface area contributed by atoms with Crippen LogP contribution >= 0.6 is 0 Å². The molecule has 0 bridgehead atoms. The fraction of sp³-hybridized carbons (Fsp3) is 0.0667. The summed E-state index contributed by atoms with van der Waals surface area (Å²) < 4.78 is 0. The van der Waals surface area contributed by atoms with Crippen LogP contribution in [-0.4, -0.2) is 10.8 Å². The topological polar surface area (TPSA) is 56.0 Å². The van der Waals surface area contributed by atoms with Gasteiger partial charge in [0.05, 0.1) is 0 Å². The predicted octanol–water partition coefficient (Wildman–Crippen LogP) is 2.49. The lowest BCUT2D eigenvalue weighted by Crippen LogP contribution is -1.98. The Balaban J connectivity index is 1.97. The summed E-state index contributed by atoms with van der Waals surface area (Å²) in [5, 5.41) is 0. The average molecular weight is 238 g/mol. The molecule has 0 spiro atoms. The second-order valence-electron chi connectivity index (χ2n) is 4.00. The smallest absolute Gasteiger partial charge is 0.160 e. The molecule has 0 aliphatic heterocycles. The Kier molecular flexibility index (Phi) is 3.86. The Morgan fingerprint density at radius 1 is 1.22 bits per heavy atom. The van der Waals surface area contributed by atoms with E-state index < -0.39 is 0 Å². The maximum atomic E-state index is 11.7. The quantitative estimate of drug-likeness (QED) is 0.657. The van der Waals surface area contributed by atoms with Gasteiger partial charge in [0.15, 0.2) is 5.78 Å². The molecule has 0 saturated carbocycles. The van der Waals surface area contributed by atoms with Gasteiger partial charge in [-0.05, 0) is 35.4 Å². The van der Waals surface area contributed by atoms with E-state index in [1.54, 1.807) is 24.5 Å². The van der Waals surface area contributed by atoms with E-state index in [2.05, 4.69) is 4.98 Å². The van der Waals surface area contributed by atoms with Crippen LogP contribution in [0, 0.1) is 0 Å². The summed E-state index contributed by atoms with van der Waals surface area (Å²) in [5.41, 5.74) is 8.19. The van der Waals surface area contributed by atoms with Crippen LogP contribution in [0.5, 0.6) is 0 Å². The van der Waals surface area contributed by atoms with Gasteiger partial charge in [0.25, 0.3) is 0 Å². The molecular formula is C15H14N2O. The van der Waals surface area contributed by atoms with Gasteiger partial charge in [-0.3, -0.25) is 9.78 Å². The number of benzene rings is 1. The van der Waals surface area contributed by atoms with Gasteiger partial charge in [0.2, 0.25) is 0 Å². The Morgan fingerprint density at radius 2 is 2.00 bits per heavy atom. The van der Waals surface area contributed by atoms with Crippen molar-refractivity contribution in [3.05, 3.63) is 66.0 Å². The fourth-order valence-electron chi connectivity index (χ4n) is 1.56. The maximum Gasteiger partial charge on any atom is 0.160 e. The fourth-order valence-corrected chi connectivity index (χ4v) is 1.56. The first-order chi connectivity index (χ1) is 8.74. The molecule has 0 unspecified atom stereocenters. The highest BCUT2D eigenvalue weighted by atomic mass is 16.1. The number of ketones is 1. The van der Waals surface area contributed by atoms with E-state index in [9.17, 15) is 4.79 Å². The van der Waals surface area contributed by atoms with Crippen molar-refractivity contribution < 1.29 is 4.79 Å². The number of aromatic nitrogens is 1. The standard InChI is InChI=1S/C15H14N2O/c16-14-6-3-12(4-7-14)5-8-15(18)10-13-2-1-9-17-11-13/h1-9,11H,10,16H2/b8-5+. The zero-order chi connectivity index (χ0) is 12.8. The molecule has 18 heavy (non-hydrogen) atoms. The zero-order valence-corrected chi connectivity index (χ0v) is 9.91. The van der Waals surface area contributed by atoms with E-state index in [0.717, 1.165) is 11.1 Å². The molecule has 0 atom stereocenters. The minimum atomic E-state index is 0.0554. The van der Waals surface area contributed by atoms with Crippen LogP contribution in [0.25, 0.3) is 6.08 Å². The normalized spacial score (nSPS) is 10.7. The minimum Gasteiger partial charge on any atom is -0.399 e. The second-order valence-corrected chi connectivity index (χ2v) is 4.00. The first-order valence-electron chi connectivity index (χ1n) is 5.69. The SMILES string of the molecule is Nc1ccc(/C=C/C(=O)Cc2cccnc2)cc1. The zero-order valence-electron chi connectivity index (χ0n) is 9.91. The Labute approximate surface area is 106 Å². The first kappa shape index (κ1) is 12.0. The number of nitrogen functional groups attached to an aromatic ring is 1. The van der Waals surface area contributed by atoms with E-state index in [4.69, 9.17) is 5.73 Å². The maximum absolute atomic E-state index is 11.7. The van der Waals surface area contributed by atoms with Crippen LogP contribution in [0.3, 0.4) is 0 Å². The summed E-state index contributed by atoms with van der Waals surface area (Å²) >= 11 is 0. The third kappa shape index (κ3) is 3.56. The Bertz CT molecular complexity index is 544. The molecule has 1 aromatic carbocycles. The molecule has 0 fully saturated rings. The molecule has 2 N–H and O–H groups in total. The molecular weight excluding hydrogens is 224 g/mol. The summed E-state index contributed by atoms with van der Waals surface area (Å²) in [6, 6.07) is 11.1. The van der Waals surface area contributed by atoms with Gasteiger partial charge >= 0.3 is 0 Å². The van der Waals surface area contributed by atoms with E-state index in [-0.39, 0.29) is 5.78 Å². The highest BCUT2D eigenvalue weighted by molar-refractivity contribution is 5.95. The Hall–Kier alpha value is -2.42. The molecule has 1 heterocycles. The molecule has 2 aromatic rings. The lowest BCUT2D eigenvalue weighted by atomic mass is 10.1. The number of hydrogen-bond donors (Lipinski definition) is 1. The van der Waals surface area contributed by atoms with Crippen molar-refractivity contribution in [2.75, 3.05) is 5.73 Å². The van der Waals surface area contributed by atoms with Crippen LogP contribution in [-0.2, 0) is 11.2 Å². The third-order valence-corrected chi connectivity index (χ3v) is 2.50. The molecule has 0 aliphatic rings. The van der Waals surface area contributed by atoms with Crippen molar-refractivity contribution in [3.63, 3.8) is 0 Å². The number of carbonyl (C=O) groups is 1. The summed E-state index contributed by atoms with van der Waals surface area (Å²) in [6.07, 6.45) is 7.14. The summed E-state index contributed by atoms with van der Waals surface area (Å²) in [4.78, 5) is 15.7. The monoisotopic (exact) mass is 238 g/mol. The first-order valence-corrected chi connectivity index (χ1v) is 5.69. The van der Waals surface area contributed by atoms with Crippen LogP contribution in [0.1, 0.15) is 11.1 Å². The van der Waals surface area contributed by atoms with Crippen molar-refractivity contribution in [2.45, 2.75) is 6.42 Å². The molecule has 2 rings (SSSR count). The van der Waals surface area contributed by atoms with Gasteiger partial charge in [-0.2, -0.15) is 0 Å². The molecule has 3 heteroatoms. The van der Waals surface area contributed by atoms with Crippen molar-refractivity contribution in [3.8, 4) is 0 Å². The largest absolute Gasteiger partial charge is 0.399 e. The minimum absolute atomic E-state index is 0.0554. The van der Waals surface area contributed by atoms with Gasteiger partial charge in [0, 0.05) is 24.5 Å². The molecule has 0 radical (unpaired) electrons. The number of rotatable bonds is 4. The van der Waals surface area contributed by atoms with E-state index >= 15 is 0 Å². The summed E-state index contributed by atoms with van der Waals surface area (Å²) in [6.45, 7) is 0. The number of pyridine rings is 1. The Morgan fingerprint density at radius 3 is 2.67 bits per heavy atom. The molecule has 0 aliphatic carbocycles. The second kappa shape index (κ2) is 5.77. The molecule has 1 aromatic heterocycles. The highest BCUT2D eigenvalue weighted by Crippen LogP contribution is 2.07. The summed E-state index contributed by atoms with van der Waals surface area (Å²) in [5.74, 6) is 0.0554. The van der Waals surface area contributed by atoms with Gasteiger partial charge in [-0.1, -0.05) is 24.3 Å². The van der Waals surface area contributed by atoms with Gasteiger partial charge in [0.1, 0.15) is 0 Å². The van der Waals surface area contributed by atoms with Gasteiger partial charge in [-0.15, -0.1) is 0 Å². The molecule has 0 amide bonds. The molecule has 90 valence electrons. The third-order valence-electron chi connectivity index (χ3n) is 2.50. The van der Waals surface area contributed by atoms with E-state index in [1.807, 2.05) is 36.4 Å². The lowest BCUT2D eigenvalue weighted by molar-refractivity contribution is -0.113. The van der Waals surface area contributed by atoms with Crippen LogP contribution in [0.15, 0.2) is 54.9 Å². The lowest BCUT2D eigenvalue weighted by Gasteiger charge is -1.96. The van der Waals surface area contributed by atoms with Crippen molar-refractivity contribution >= 4 is 17.5 Å². The van der Waals surface area contributed by atoms with E-state index in [1.165, 1.54) is 0 Å². The molecule has 0 saturated heterocycles. The predicted molar refractivity (Wildman–Crippen MR) is 72.8 cm³/mol. The summed E-state index contributed by atoms with van der Waals surface area (Å²) in [7, 11) is 0. The van der Waals surface area contributed by atoms with E-state index in [0.29, 0.717) is 12.1 Å². The number of allylic oxidation sites excluding steroid dienone is 1. The van der Waals surface area contributed by atoms with Crippen LogP contribution in [0.4, 0.5) is 5.69 Å². The van der Waals surface area contributed by atoms with Gasteiger partial charge < -0.3 is 5.73 Å². The number of nitrogens with two attached hydrogens (primary N) is 1. The van der Waals surface area contributed by atoms with Gasteiger partial charge in [-0.25, -0.2) is 0 Å². The average Bonchev–Trinajstić information content (AvgIpc) is 2.39. The van der Waals surface area contributed by atoms with Crippen LogP contribution < -0.4 is 5.73 Å². The van der Waals surface area contributed by atoms with Crippen LogP contribution in [0.2, 0.25) is 0 Å². The number of carbonyl (C=O) groups excluding carboxylic acids is 1. The number of hydrogen-bond acceptors (Lipinski definition) is 3. The van der Waals surface area contributed by atoms with Crippen molar-refractivity contribution in [2.24, 2.45) is 0 Å².